The van der Waals surface area contributed by atoms with Gasteiger partial charge >= 0.3 is 5.69 Å². The predicted molar refractivity (Wildman–Crippen MR) is 89.9 cm³/mol. The molecule has 2 heterocycles. The quantitative estimate of drug-likeness (QED) is 0.626. The highest BCUT2D eigenvalue weighted by molar-refractivity contribution is 5.94. The number of ether oxygens (including phenoxy) is 1. The molecule has 1 aliphatic heterocycles. The number of morpholine rings is 1. The summed E-state index contributed by atoms with van der Waals surface area (Å²) in [4.78, 5) is 17.7. The molecule has 0 spiro atoms. The minimum atomic E-state index is -0.375. The number of benzene rings is 1. The third-order valence-corrected chi connectivity index (χ3v) is 3.95. The van der Waals surface area contributed by atoms with Gasteiger partial charge in [-0.3, -0.25) is 15.1 Å². The SMILES string of the molecule is CC1(C)CN(c2ccc3ncccc3c2[N+](=O)[O-])CC(C)(C)O1. The fourth-order valence-corrected chi connectivity index (χ4v) is 3.53. The van der Waals surface area contributed by atoms with E-state index in [4.69, 9.17) is 4.74 Å². The Hall–Kier alpha value is -2.21. The van der Waals surface area contributed by atoms with Crippen LogP contribution in [0, 0.1) is 10.1 Å². The summed E-state index contributed by atoms with van der Waals surface area (Å²) in [6.45, 7) is 9.24. The molecule has 6 heteroatoms. The standard InChI is InChI=1S/C17H21N3O3/c1-16(2)10-19(11-17(3,4)23-16)14-8-7-13-12(6-5-9-18-13)15(14)20(21)22/h5-9H,10-11H2,1-4H3. The van der Waals surface area contributed by atoms with E-state index in [-0.39, 0.29) is 21.8 Å². The molecule has 0 radical (unpaired) electrons. The van der Waals surface area contributed by atoms with Gasteiger partial charge in [-0.15, -0.1) is 0 Å². The lowest BCUT2D eigenvalue weighted by Crippen LogP contribution is -2.57. The normalized spacial score (nSPS) is 19.7. The van der Waals surface area contributed by atoms with Crippen molar-refractivity contribution in [3.63, 3.8) is 0 Å². The average molecular weight is 315 g/mol. The van der Waals surface area contributed by atoms with Crippen LogP contribution in [0.1, 0.15) is 27.7 Å². The van der Waals surface area contributed by atoms with Crippen LogP contribution in [-0.4, -0.2) is 34.2 Å². The van der Waals surface area contributed by atoms with E-state index in [1.54, 1.807) is 24.4 Å². The smallest absolute Gasteiger partial charge is 0.301 e. The first-order valence-electron chi connectivity index (χ1n) is 7.66. The number of nitrogens with zero attached hydrogens (tertiary/aromatic N) is 3. The summed E-state index contributed by atoms with van der Waals surface area (Å²) in [5.41, 5.74) is 0.623. The van der Waals surface area contributed by atoms with Crippen LogP contribution in [0.25, 0.3) is 10.9 Å². The van der Waals surface area contributed by atoms with Crippen molar-refractivity contribution in [2.75, 3.05) is 18.0 Å². The number of nitro benzene ring substituents is 1. The van der Waals surface area contributed by atoms with Crippen LogP contribution in [0.15, 0.2) is 30.5 Å². The second-order valence-corrected chi connectivity index (χ2v) is 7.24. The van der Waals surface area contributed by atoms with Crippen molar-refractivity contribution < 1.29 is 9.66 Å². The molecule has 0 N–H and O–H groups in total. The second kappa shape index (κ2) is 5.16. The van der Waals surface area contributed by atoms with Crippen LogP contribution in [0.2, 0.25) is 0 Å². The molecule has 1 fully saturated rings. The molecule has 0 unspecified atom stereocenters. The Morgan fingerprint density at radius 1 is 1.17 bits per heavy atom. The molecule has 122 valence electrons. The second-order valence-electron chi connectivity index (χ2n) is 7.24. The van der Waals surface area contributed by atoms with Crippen LogP contribution in [0.4, 0.5) is 11.4 Å². The van der Waals surface area contributed by atoms with Gasteiger partial charge in [0.05, 0.1) is 27.0 Å². The first-order valence-corrected chi connectivity index (χ1v) is 7.66. The van der Waals surface area contributed by atoms with Gasteiger partial charge in [0, 0.05) is 19.3 Å². The van der Waals surface area contributed by atoms with E-state index in [0.717, 1.165) is 0 Å². The van der Waals surface area contributed by atoms with E-state index in [1.165, 1.54) is 0 Å². The number of nitro groups is 1. The summed E-state index contributed by atoms with van der Waals surface area (Å²) in [7, 11) is 0. The highest BCUT2D eigenvalue weighted by Crippen LogP contribution is 2.39. The fraction of sp³-hybridized carbons (Fsp3) is 0.471. The van der Waals surface area contributed by atoms with Crippen molar-refractivity contribution in [2.24, 2.45) is 0 Å². The summed E-state index contributed by atoms with van der Waals surface area (Å²) < 4.78 is 6.08. The van der Waals surface area contributed by atoms with Gasteiger partial charge in [0.1, 0.15) is 5.69 Å². The molecule has 0 aliphatic carbocycles. The summed E-state index contributed by atoms with van der Waals surface area (Å²) in [6, 6.07) is 7.12. The Morgan fingerprint density at radius 3 is 2.43 bits per heavy atom. The molecule has 1 saturated heterocycles. The van der Waals surface area contributed by atoms with E-state index in [0.29, 0.717) is 29.7 Å². The van der Waals surface area contributed by atoms with E-state index < -0.39 is 0 Å². The molecular formula is C17H21N3O3. The number of pyridine rings is 1. The molecule has 0 amide bonds. The average Bonchev–Trinajstić information content (AvgIpc) is 2.42. The zero-order valence-corrected chi connectivity index (χ0v) is 13.9. The molecule has 1 aromatic carbocycles. The van der Waals surface area contributed by atoms with Crippen molar-refractivity contribution in [2.45, 2.75) is 38.9 Å². The predicted octanol–water partition coefficient (Wildman–Crippen LogP) is 3.54. The van der Waals surface area contributed by atoms with Crippen LogP contribution >= 0.6 is 0 Å². The molecule has 3 rings (SSSR count). The van der Waals surface area contributed by atoms with Gasteiger partial charge in [0.15, 0.2) is 0 Å². The van der Waals surface area contributed by atoms with Gasteiger partial charge in [-0.05, 0) is 52.0 Å². The van der Waals surface area contributed by atoms with E-state index >= 15 is 0 Å². The van der Waals surface area contributed by atoms with Gasteiger partial charge in [-0.2, -0.15) is 0 Å². The fourth-order valence-electron chi connectivity index (χ4n) is 3.53. The lowest BCUT2D eigenvalue weighted by molar-refractivity contribution is -0.382. The Kier molecular flexibility index (Phi) is 3.52. The molecule has 0 saturated carbocycles. The number of hydrogen-bond donors (Lipinski definition) is 0. The van der Waals surface area contributed by atoms with Gasteiger partial charge in [0.25, 0.3) is 0 Å². The van der Waals surface area contributed by atoms with Gasteiger partial charge in [0.2, 0.25) is 0 Å². The number of fused-ring (bicyclic) bond motifs is 1. The number of anilines is 1. The minimum absolute atomic E-state index is 0.115. The summed E-state index contributed by atoms with van der Waals surface area (Å²) >= 11 is 0. The van der Waals surface area contributed by atoms with Crippen LogP contribution in [0.3, 0.4) is 0 Å². The topological polar surface area (TPSA) is 68.5 Å². The molecular weight excluding hydrogens is 294 g/mol. The molecule has 0 bridgehead atoms. The third-order valence-electron chi connectivity index (χ3n) is 3.95. The van der Waals surface area contributed by atoms with Crippen molar-refractivity contribution in [3.05, 3.63) is 40.6 Å². The monoisotopic (exact) mass is 315 g/mol. The Balaban J connectivity index is 2.16. The highest BCUT2D eigenvalue weighted by atomic mass is 16.6. The zero-order chi connectivity index (χ0) is 16.8. The highest BCUT2D eigenvalue weighted by Gasteiger charge is 2.40. The first kappa shape index (κ1) is 15.7. The molecule has 0 atom stereocenters. The summed E-state index contributed by atoms with van der Waals surface area (Å²) in [6.07, 6.45) is 1.65. The van der Waals surface area contributed by atoms with E-state index in [9.17, 15) is 10.1 Å². The molecule has 1 aromatic heterocycles. The zero-order valence-electron chi connectivity index (χ0n) is 13.9. The van der Waals surface area contributed by atoms with Crippen LogP contribution < -0.4 is 4.90 Å². The van der Waals surface area contributed by atoms with Crippen LogP contribution in [-0.2, 0) is 4.74 Å². The number of hydrogen-bond acceptors (Lipinski definition) is 5. The third kappa shape index (κ3) is 2.99. The van der Waals surface area contributed by atoms with Gasteiger partial charge < -0.3 is 9.64 Å². The summed E-state index contributed by atoms with van der Waals surface area (Å²) in [5.74, 6) is 0. The van der Waals surface area contributed by atoms with Crippen molar-refractivity contribution in [1.82, 2.24) is 4.98 Å². The Bertz CT molecular complexity index is 755. The molecule has 23 heavy (non-hydrogen) atoms. The molecule has 6 nitrogen and oxygen atoms in total. The summed E-state index contributed by atoms with van der Waals surface area (Å²) in [5, 5.41) is 12.3. The van der Waals surface area contributed by atoms with Gasteiger partial charge in [-0.1, -0.05) is 0 Å². The van der Waals surface area contributed by atoms with E-state index in [1.807, 2.05) is 38.7 Å². The Labute approximate surface area is 135 Å². The largest absolute Gasteiger partial charge is 0.366 e. The van der Waals surface area contributed by atoms with Crippen LogP contribution in [0.5, 0.6) is 0 Å². The number of rotatable bonds is 2. The lowest BCUT2D eigenvalue weighted by Gasteiger charge is -2.47. The molecule has 2 aromatic rings. The lowest BCUT2D eigenvalue weighted by atomic mass is 9.97. The maximum Gasteiger partial charge on any atom is 0.301 e. The maximum absolute atomic E-state index is 11.7. The number of aromatic nitrogens is 1. The minimum Gasteiger partial charge on any atom is -0.366 e. The van der Waals surface area contributed by atoms with E-state index in [2.05, 4.69) is 4.98 Å². The molecule has 1 aliphatic rings. The van der Waals surface area contributed by atoms with Crippen molar-refractivity contribution >= 4 is 22.3 Å². The maximum atomic E-state index is 11.7. The van der Waals surface area contributed by atoms with Crippen molar-refractivity contribution in [1.29, 1.82) is 0 Å². The van der Waals surface area contributed by atoms with Gasteiger partial charge in [-0.25, -0.2) is 0 Å². The van der Waals surface area contributed by atoms with Crippen molar-refractivity contribution in [3.8, 4) is 0 Å². The first-order chi connectivity index (χ1) is 10.7. The Morgan fingerprint density at radius 2 is 1.83 bits per heavy atom.